The van der Waals surface area contributed by atoms with E-state index in [4.69, 9.17) is 4.74 Å². The van der Waals surface area contributed by atoms with Crippen molar-refractivity contribution in [1.82, 2.24) is 5.32 Å². The summed E-state index contributed by atoms with van der Waals surface area (Å²) in [5, 5.41) is 5.57. The Hall–Kier alpha value is -3.08. The first-order valence-corrected chi connectivity index (χ1v) is 8.93. The Morgan fingerprint density at radius 1 is 1.00 bits per heavy atom. The van der Waals surface area contributed by atoms with Crippen molar-refractivity contribution in [1.29, 1.82) is 0 Å². The average Bonchev–Trinajstić information content (AvgIpc) is 2.67. The molecule has 0 fully saturated rings. The largest absolute Gasteiger partial charge is 0.497 e. The summed E-state index contributed by atoms with van der Waals surface area (Å²) in [6.07, 6.45) is 3.10. The van der Waals surface area contributed by atoms with Crippen LogP contribution in [0, 0.1) is 0 Å². The minimum Gasteiger partial charge on any atom is -0.497 e. The van der Waals surface area contributed by atoms with Crippen LogP contribution in [-0.2, 0) is 9.59 Å². The second-order valence-electron chi connectivity index (χ2n) is 6.57. The molecule has 0 spiro atoms. The Morgan fingerprint density at radius 3 is 2.30 bits per heavy atom. The SMILES string of the molecule is COc1ccc(/C=C/C(=O)NC(C)C(=O)Nc2ccccc2C(C)C)cc1. The van der Waals surface area contributed by atoms with Crippen molar-refractivity contribution in [2.75, 3.05) is 12.4 Å². The summed E-state index contributed by atoms with van der Waals surface area (Å²) in [4.78, 5) is 24.5. The van der Waals surface area contributed by atoms with Gasteiger partial charge in [-0.3, -0.25) is 9.59 Å². The molecule has 2 aromatic carbocycles. The highest BCUT2D eigenvalue weighted by molar-refractivity contribution is 6.00. The fourth-order valence-electron chi connectivity index (χ4n) is 2.57. The zero-order valence-corrected chi connectivity index (χ0v) is 16.2. The van der Waals surface area contributed by atoms with Crippen molar-refractivity contribution >= 4 is 23.6 Å². The lowest BCUT2D eigenvalue weighted by Gasteiger charge is -2.17. The first-order valence-electron chi connectivity index (χ1n) is 8.93. The number of nitrogens with one attached hydrogen (secondary N) is 2. The molecule has 0 aliphatic heterocycles. The number of rotatable bonds is 7. The lowest BCUT2D eigenvalue weighted by molar-refractivity contribution is -0.123. The van der Waals surface area contributed by atoms with Gasteiger partial charge in [-0.25, -0.2) is 0 Å². The van der Waals surface area contributed by atoms with Crippen molar-refractivity contribution in [3.05, 3.63) is 65.7 Å². The van der Waals surface area contributed by atoms with E-state index >= 15 is 0 Å². The molecular formula is C22H26N2O3. The zero-order valence-electron chi connectivity index (χ0n) is 16.2. The van der Waals surface area contributed by atoms with Gasteiger partial charge in [0.05, 0.1) is 7.11 Å². The van der Waals surface area contributed by atoms with Crippen molar-refractivity contribution in [3.63, 3.8) is 0 Å². The number of ether oxygens (including phenoxy) is 1. The van der Waals surface area contributed by atoms with E-state index in [-0.39, 0.29) is 11.8 Å². The number of hydrogen-bond acceptors (Lipinski definition) is 3. The molecule has 0 saturated heterocycles. The van der Waals surface area contributed by atoms with Crippen molar-refractivity contribution in [3.8, 4) is 5.75 Å². The third kappa shape index (κ3) is 5.99. The molecule has 0 aliphatic rings. The standard InChI is InChI=1S/C22H26N2O3/c1-15(2)19-7-5-6-8-20(19)24-22(26)16(3)23-21(25)14-11-17-9-12-18(27-4)13-10-17/h5-16H,1-4H3,(H,23,25)(H,24,26)/b14-11+. The van der Waals surface area contributed by atoms with E-state index in [1.807, 2.05) is 48.5 Å². The normalized spacial score (nSPS) is 12.0. The minimum absolute atomic E-state index is 0.255. The van der Waals surface area contributed by atoms with Crippen LogP contribution in [0.15, 0.2) is 54.6 Å². The number of anilines is 1. The van der Waals surface area contributed by atoms with E-state index in [2.05, 4.69) is 24.5 Å². The first kappa shape index (κ1) is 20.2. The third-order valence-corrected chi connectivity index (χ3v) is 4.14. The fraction of sp³-hybridized carbons (Fsp3) is 0.273. The molecule has 2 N–H and O–H groups in total. The monoisotopic (exact) mass is 366 g/mol. The van der Waals surface area contributed by atoms with Crippen LogP contribution in [0.4, 0.5) is 5.69 Å². The van der Waals surface area contributed by atoms with E-state index in [0.717, 1.165) is 22.6 Å². The smallest absolute Gasteiger partial charge is 0.246 e. The molecular weight excluding hydrogens is 340 g/mol. The summed E-state index contributed by atoms with van der Waals surface area (Å²) in [5.41, 5.74) is 2.70. The second kappa shape index (κ2) is 9.57. The van der Waals surface area contributed by atoms with Gasteiger partial charge < -0.3 is 15.4 Å². The number of hydrogen-bond donors (Lipinski definition) is 2. The average molecular weight is 366 g/mol. The van der Waals surface area contributed by atoms with Crippen molar-refractivity contribution < 1.29 is 14.3 Å². The fourth-order valence-corrected chi connectivity index (χ4v) is 2.57. The van der Waals surface area contributed by atoms with Crippen molar-refractivity contribution in [2.45, 2.75) is 32.7 Å². The number of para-hydroxylation sites is 1. The maximum Gasteiger partial charge on any atom is 0.246 e. The van der Waals surface area contributed by atoms with E-state index in [1.54, 1.807) is 20.1 Å². The van der Waals surface area contributed by atoms with E-state index < -0.39 is 6.04 Å². The Balaban J connectivity index is 1.93. The molecule has 0 aliphatic carbocycles. The predicted octanol–water partition coefficient (Wildman–Crippen LogP) is 3.98. The summed E-state index contributed by atoms with van der Waals surface area (Å²) in [5.74, 6) is 0.460. The van der Waals surface area contributed by atoms with Crippen LogP contribution in [0.25, 0.3) is 6.08 Å². The molecule has 2 amide bonds. The van der Waals surface area contributed by atoms with E-state index in [1.165, 1.54) is 6.08 Å². The number of benzene rings is 2. The molecule has 0 aromatic heterocycles. The minimum atomic E-state index is -0.654. The summed E-state index contributed by atoms with van der Waals surface area (Å²) >= 11 is 0. The molecule has 2 rings (SSSR count). The van der Waals surface area contributed by atoms with Gasteiger partial charge in [0.2, 0.25) is 11.8 Å². The lowest BCUT2D eigenvalue weighted by atomic mass is 10.0. The van der Waals surface area contributed by atoms with Crippen LogP contribution in [0.5, 0.6) is 5.75 Å². The summed E-state index contributed by atoms with van der Waals surface area (Å²) in [6, 6.07) is 14.4. The summed E-state index contributed by atoms with van der Waals surface area (Å²) in [6.45, 7) is 5.80. The van der Waals surface area contributed by atoms with Gasteiger partial charge in [0.25, 0.3) is 0 Å². The Labute approximate surface area is 160 Å². The molecule has 0 radical (unpaired) electrons. The Bertz CT molecular complexity index is 811. The summed E-state index contributed by atoms with van der Waals surface area (Å²) < 4.78 is 5.10. The highest BCUT2D eigenvalue weighted by atomic mass is 16.5. The van der Waals surface area contributed by atoms with Crippen LogP contribution < -0.4 is 15.4 Å². The maximum absolute atomic E-state index is 12.4. The topological polar surface area (TPSA) is 67.4 Å². The van der Waals surface area contributed by atoms with Gasteiger partial charge in [0.15, 0.2) is 0 Å². The number of carbonyl (C=O) groups excluding carboxylic acids is 2. The van der Waals surface area contributed by atoms with E-state index in [9.17, 15) is 9.59 Å². The van der Waals surface area contributed by atoms with Gasteiger partial charge >= 0.3 is 0 Å². The maximum atomic E-state index is 12.4. The van der Waals surface area contributed by atoms with Gasteiger partial charge in [-0.15, -0.1) is 0 Å². The molecule has 5 heteroatoms. The molecule has 0 bridgehead atoms. The van der Waals surface area contributed by atoms with Gasteiger partial charge in [-0.2, -0.15) is 0 Å². The van der Waals surface area contributed by atoms with Crippen molar-refractivity contribution in [2.24, 2.45) is 0 Å². The lowest BCUT2D eigenvalue weighted by Crippen LogP contribution is -2.41. The van der Waals surface area contributed by atoms with Crippen LogP contribution in [-0.4, -0.2) is 25.0 Å². The van der Waals surface area contributed by atoms with E-state index in [0.29, 0.717) is 5.92 Å². The molecule has 2 aromatic rings. The van der Waals surface area contributed by atoms with Crippen LogP contribution >= 0.6 is 0 Å². The van der Waals surface area contributed by atoms with Gasteiger partial charge in [-0.05, 0) is 48.2 Å². The van der Waals surface area contributed by atoms with Crippen LogP contribution in [0.1, 0.15) is 37.8 Å². The molecule has 1 atom stereocenters. The number of methoxy groups -OCH3 is 1. The number of amides is 2. The molecule has 27 heavy (non-hydrogen) atoms. The second-order valence-corrected chi connectivity index (χ2v) is 6.57. The molecule has 0 heterocycles. The van der Waals surface area contributed by atoms with Crippen LogP contribution in [0.3, 0.4) is 0 Å². The first-order chi connectivity index (χ1) is 12.9. The zero-order chi connectivity index (χ0) is 19.8. The van der Waals surface area contributed by atoms with Gasteiger partial charge in [0, 0.05) is 11.8 Å². The highest BCUT2D eigenvalue weighted by Gasteiger charge is 2.16. The number of carbonyl (C=O) groups is 2. The Morgan fingerprint density at radius 2 is 1.67 bits per heavy atom. The third-order valence-electron chi connectivity index (χ3n) is 4.14. The molecule has 5 nitrogen and oxygen atoms in total. The Kier molecular flexibility index (Phi) is 7.17. The molecule has 0 saturated carbocycles. The summed E-state index contributed by atoms with van der Waals surface area (Å²) in [7, 11) is 1.60. The van der Waals surface area contributed by atoms with Crippen LogP contribution in [0.2, 0.25) is 0 Å². The highest BCUT2D eigenvalue weighted by Crippen LogP contribution is 2.23. The predicted molar refractivity (Wildman–Crippen MR) is 109 cm³/mol. The molecule has 1 unspecified atom stereocenters. The molecule has 142 valence electrons. The quantitative estimate of drug-likeness (QED) is 0.729. The van der Waals surface area contributed by atoms with Gasteiger partial charge in [-0.1, -0.05) is 44.2 Å². The van der Waals surface area contributed by atoms with Gasteiger partial charge in [0.1, 0.15) is 11.8 Å².